The number of hydrogen-bond acceptors (Lipinski definition) is 4. The molecule has 3 aromatic carbocycles. The van der Waals surface area contributed by atoms with Crippen molar-refractivity contribution >= 4 is 22.6 Å². The summed E-state index contributed by atoms with van der Waals surface area (Å²) in [4.78, 5) is 15.1. The molecule has 1 heterocycles. The number of halogens is 1. The van der Waals surface area contributed by atoms with Gasteiger partial charge < -0.3 is 14.1 Å². The molecule has 4 nitrogen and oxygen atoms in total. The highest BCUT2D eigenvalue weighted by Gasteiger charge is 2.16. The predicted molar refractivity (Wildman–Crippen MR) is 126 cm³/mol. The average Bonchev–Trinajstić information content (AvgIpc) is 2.78. The van der Waals surface area contributed by atoms with Crippen LogP contribution < -0.4 is 10.2 Å². The first-order chi connectivity index (χ1) is 15.0. The Labute approximate surface area is 186 Å². The van der Waals surface area contributed by atoms with Crippen molar-refractivity contribution in [2.75, 3.05) is 20.6 Å². The summed E-state index contributed by atoms with van der Waals surface area (Å²) < 4.78 is 12.1. The molecule has 0 N–H and O–H groups in total. The molecule has 0 aliphatic carbocycles. The van der Waals surface area contributed by atoms with Crippen LogP contribution in [0.5, 0.6) is 5.75 Å². The van der Waals surface area contributed by atoms with Crippen molar-refractivity contribution < 1.29 is 9.15 Å². The second-order valence-corrected chi connectivity index (χ2v) is 8.19. The summed E-state index contributed by atoms with van der Waals surface area (Å²) in [6, 6.07) is 22.6. The van der Waals surface area contributed by atoms with Crippen molar-refractivity contribution in [1.29, 1.82) is 0 Å². The summed E-state index contributed by atoms with van der Waals surface area (Å²) in [5.74, 6) is 0.654. The molecule has 0 fully saturated rings. The minimum Gasteiger partial charge on any atom is -0.486 e. The standard InChI is InChI=1S/C26H24ClNO3/c1-28(2)15-14-24(19-8-10-20(27)11-9-19)31-21-12-13-22-25(16-21)30-17-23(26(22)29)18-6-4-3-5-7-18/h3-13,16-17,24H,14-15H2,1-2H3. The molecule has 1 aromatic heterocycles. The van der Waals surface area contributed by atoms with Gasteiger partial charge in [0.1, 0.15) is 23.7 Å². The first-order valence-electron chi connectivity index (χ1n) is 10.2. The van der Waals surface area contributed by atoms with E-state index in [-0.39, 0.29) is 11.5 Å². The molecule has 4 rings (SSSR count). The Morgan fingerprint density at radius 3 is 2.45 bits per heavy atom. The lowest BCUT2D eigenvalue weighted by Gasteiger charge is -2.22. The highest BCUT2D eigenvalue weighted by molar-refractivity contribution is 6.30. The van der Waals surface area contributed by atoms with Gasteiger partial charge in [-0.3, -0.25) is 4.79 Å². The quantitative estimate of drug-likeness (QED) is 0.348. The second-order valence-electron chi connectivity index (χ2n) is 7.75. The Balaban J connectivity index is 1.64. The molecule has 4 aromatic rings. The van der Waals surface area contributed by atoms with Gasteiger partial charge in [-0.25, -0.2) is 0 Å². The Bertz CT molecular complexity index is 1220. The molecule has 0 spiro atoms. The second kappa shape index (κ2) is 9.38. The Morgan fingerprint density at radius 1 is 1.00 bits per heavy atom. The smallest absolute Gasteiger partial charge is 0.200 e. The van der Waals surface area contributed by atoms with Crippen LogP contribution >= 0.6 is 11.6 Å². The minimum atomic E-state index is -0.146. The maximum atomic E-state index is 13.0. The monoisotopic (exact) mass is 433 g/mol. The van der Waals surface area contributed by atoms with Gasteiger partial charge in [0.25, 0.3) is 0 Å². The number of ether oxygens (including phenoxy) is 1. The van der Waals surface area contributed by atoms with Crippen molar-refractivity contribution in [3.05, 3.63) is 99.9 Å². The van der Waals surface area contributed by atoms with Crippen LogP contribution in [0.4, 0.5) is 0 Å². The normalized spacial score (nSPS) is 12.3. The number of nitrogens with zero attached hydrogens (tertiary/aromatic N) is 1. The summed E-state index contributed by atoms with van der Waals surface area (Å²) in [6.45, 7) is 0.871. The maximum absolute atomic E-state index is 13.0. The summed E-state index contributed by atoms with van der Waals surface area (Å²) in [5.41, 5.74) is 2.88. The Hall–Kier alpha value is -3.08. The van der Waals surface area contributed by atoms with E-state index in [4.69, 9.17) is 20.8 Å². The number of rotatable bonds is 7. The topological polar surface area (TPSA) is 42.7 Å². The molecule has 0 aliphatic heterocycles. The largest absolute Gasteiger partial charge is 0.486 e. The maximum Gasteiger partial charge on any atom is 0.200 e. The first-order valence-corrected chi connectivity index (χ1v) is 10.6. The lowest BCUT2D eigenvalue weighted by molar-refractivity contribution is 0.179. The Kier molecular flexibility index (Phi) is 6.40. The first kappa shape index (κ1) is 21.2. The predicted octanol–water partition coefficient (Wildman–Crippen LogP) is 6.19. The van der Waals surface area contributed by atoms with Gasteiger partial charge in [0.05, 0.1) is 10.9 Å². The number of hydrogen-bond donors (Lipinski definition) is 0. The highest BCUT2D eigenvalue weighted by atomic mass is 35.5. The summed E-state index contributed by atoms with van der Waals surface area (Å²) in [5, 5.41) is 1.22. The molecule has 0 radical (unpaired) electrons. The number of fused-ring (bicyclic) bond motifs is 1. The molecule has 0 aliphatic rings. The lowest BCUT2D eigenvalue weighted by atomic mass is 10.1. The van der Waals surface area contributed by atoms with Gasteiger partial charge in [-0.15, -0.1) is 0 Å². The number of benzene rings is 3. The summed E-state index contributed by atoms with van der Waals surface area (Å²) in [6.07, 6.45) is 2.18. The van der Waals surface area contributed by atoms with Gasteiger partial charge in [0, 0.05) is 24.1 Å². The third-order valence-corrected chi connectivity index (χ3v) is 5.44. The molecule has 0 bridgehead atoms. The van der Waals surface area contributed by atoms with Gasteiger partial charge in [0.15, 0.2) is 5.43 Å². The molecule has 0 saturated carbocycles. The van der Waals surface area contributed by atoms with E-state index in [1.807, 2.05) is 74.8 Å². The van der Waals surface area contributed by atoms with Crippen molar-refractivity contribution in [2.24, 2.45) is 0 Å². The molecular weight excluding hydrogens is 410 g/mol. The van der Waals surface area contributed by atoms with E-state index in [2.05, 4.69) is 4.90 Å². The SMILES string of the molecule is CN(C)CCC(Oc1ccc2c(=O)c(-c3ccccc3)coc2c1)c1ccc(Cl)cc1. The van der Waals surface area contributed by atoms with E-state index in [1.165, 1.54) is 6.26 Å². The van der Waals surface area contributed by atoms with Crippen LogP contribution in [-0.4, -0.2) is 25.5 Å². The van der Waals surface area contributed by atoms with Gasteiger partial charge >= 0.3 is 0 Å². The molecule has 1 atom stereocenters. The van der Waals surface area contributed by atoms with Crippen LogP contribution in [0.15, 0.2) is 88.3 Å². The molecule has 31 heavy (non-hydrogen) atoms. The van der Waals surface area contributed by atoms with Crippen molar-refractivity contribution in [1.82, 2.24) is 4.90 Å². The molecule has 158 valence electrons. The fraction of sp³-hybridized carbons (Fsp3) is 0.192. The van der Waals surface area contributed by atoms with Crippen LogP contribution in [0.25, 0.3) is 22.1 Å². The minimum absolute atomic E-state index is 0.0548. The Morgan fingerprint density at radius 2 is 1.74 bits per heavy atom. The molecule has 5 heteroatoms. The fourth-order valence-corrected chi connectivity index (χ4v) is 3.64. The zero-order valence-corrected chi connectivity index (χ0v) is 18.3. The molecule has 0 saturated heterocycles. The van der Waals surface area contributed by atoms with Crippen molar-refractivity contribution in [2.45, 2.75) is 12.5 Å². The third kappa shape index (κ3) is 4.98. The van der Waals surface area contributed by atoms with E-state index in [1.54, 1.807) is 12.1 Å². The average molecular weight is 434 g/mol. The summed E-state index contributed by atoms with van der Waals surface area (Å²) >= 11 is 6.05. The molecule has 0 amide bonds. The van der Waals surface area contributed by atoms with Crippen LogP contribution in [0.1, 0.15) is 18.1 Å². The fourth-order valence-electron chi connectivity index (χ4n) is 3.51. The van der Waals surface area contributed by atoms with Crippen LogP contribution in [-0.2, 0) is 0 Å². The van der Waals surface area contributed by atoms with Gasteiger partial charge in [-0.1, -0.05) is 54.1 Å². The molecule has 1 unspecified atom stereocenters. The van der Waals surface area contributed by atoms with Crippen molar-refractivity contribution in [3.63, 3.8) is 0 Å². The molecular formula is C26H24ClNO3. The lowest BCUT2D eigenvalue weighted by Crippen LogP contribution is -2.18. The van der Waals surface area contributed by atoms with E-state index < -0.39 is 0 Å². The zero-order chi connectivity index (χ0) is 21.8. The van der Waals surface area contributed by atoms with E-state index >= 15 is 0 Å². The van der Waals surface area contributed by atoms with E-state index in [0.29, 0.717) is 27.3 Å². The van der Waals surface area contributed by atoms with Gasteiger partial charge in [-0.05, 0) is 49.5 Å². The third-order valence-electron chi connectivity index (χ3n) is 5.19. The van der Waals surface area contributed by atoms with Gasteiger partial charge in [-0.2, -0.15) is 0 Å². The van der Waals surface area contributed by atoms with E-state index in [9.17, 15) is 4.79 Å². The zero-order valence-electron chi connectivity index (χ0n) is 17.5. The van der Waals surface area contributed by atoms with Crippen LogP contribution in [0.3, 0.4) is 0 Å². The van der Waals surface area contributed by atoms with Crippen molar-refractivity contribution in [3.8, 4) is 16.9 Å². The van der Waals surface area contributed by atoms with Crippen LogP contribution in [0.2, 0.25) is 5.02 Å². The van der Waals surface area contributed by atoms with Crippen LogP contribution in [0, 0.1) is 0 Å². The van der Waals surface area contributed by atoms with E-state index in [0.717, 1.165) is 24.1 Å². The highest BCUT2D eigenvalue weighted by Crippen LogP contribution is 2.29. The summed E-state index contributed by atoms with van der Waals surface area (Å²) in [7, 11) is 4.07. The van der Waals surface area contributed by atoms with Gasteiger partial charge in [0.2, 0.25) is 0 Å².